The van der Waals surface area contributed by atoms with Crippen molar-refractivity contribution in [3.05, 3.63) is 29.3 Å². The van der Waals surface area contributed by atoms with Crippen molar-refractivity contribution in [3.8, 4) is 0 Å². The maximum Gasteiger partial charge on any atom is 0.230 e. The van der Waals surface area contributed by atoms with Crippen LogP contribution in [0.5, 0.6) is 0 Å². The molecule has 0 aliphatic heterocycles. The van der Waals surface area contributed by atoms with E-state index in [9.17, 15) is 0 Å². The van der Waals surface area contributed by atoms with E-state index in [1.54, 1.807) is 0 Å². The van der Waals surface area contributed by atoms with Crippen LogP contribution in [-0.2, 0) is 0 Å². The van der Waals surface area contributed by atoms with E-state index >= 15 is 0 Å². The largest absolute Gasteiger partial charge is 0.230 e. The topological polar surface area (TPSA) is 0 Å². The van der Waals surface area contributed by atoms with Gasteiger partial charge in [0.2, 0.25) is 5.31 Å². The summed E-state index contributed by atoms with van der Waals surface area (Å²) in [4.78, 5) is 0. The summed E-state index contributed by atoms with van der Waals surface area (Å²) in [6.45, 7) is 6.58. The van der Waals surface area contributed by atoms with Gasteiger partial charge in [0.15, 0.2) is 0 Å². The minimum absolute atomic E-state index is 1.16. The van der Waals surface area contributed by atoms with E-state index in [2.05, 4.69) is 69.6 Å². The van der Waals surface area contributed by atoms with Crippen LogP contribution in [0.1, 0.15) is 18.1 Å². The molecule has 0 aromatic heterocycles. The molecule has 0 nitrogen and oxygen atoms in total. The molecule has 0 N–H and O–H groups in total. The molecule has 0 amide bonds. The van der Waals surface area contributed by atoms with E-state index in [4.69, 9.17) is 0 Å². The first-order valence-corrected chi connectivity index (χ1v) is 11.2. The molecule has 1 rings (SSSR count). The second-order valence-electron chi connectivity index (χ2n) is 3.31. The summed E-state index contributed by atoms with van der Waals surface area (Å²) >= 11 is 7.66. The zero-order chi connectivity index (χ0) is 10.1. The van der Waals surface area contributed by atoms with E-state index in [0.29, 0.717) is 0 Å². The van der Waals surface area contributed by atoms with E-state index < -0.39 is 5.31 Å². The molecule has 0 bridgehead atoms. The first kappa shape index (κ1) is 11.5. The predicted octanol–water partition coefficient (Wildman–Crippen LogP) is 3.76. The Morgan fingerprint density at radius 3 is 2.38 bits per heavy atom. The lowest BCUT2D eigenvalue weighted by Crippen LogP contribution is -2.36. The quantitative estimate of drug-likeness (QED) is 0.574. The van der Waals surface area contributed by atoms with Crippen LogP contribution in [0.3, 0.4) is 0 Å². The Bertz CT molecular complexity index is 308. The van der Waals surface area contributed by atoms with Crippen molar-refractivity contribution in [1.82, 2.24) is 0 Å². The molecule has 1 aromatic carbocycles. The van der Waals surface area contributed by atoms with Gasteiger partial charge in [0.05, 0.1) is 0 Å². The number of rotatable bonds is 2. The summed E-state index contributed by atoms with van der Waals surface area (Å²) in [5.41, 5.74) is 2.80. The Labute approximate surface area is 96.9 Å². The van der Waals surface area contributed by atoms with Crippen LogP contribution >= 0.6 is 30.6 Å². The van der Waals surface area contributed by atoms with Gasteiger partial charge in [0.25, 0.3) is 0 Å². The van der Waals surface area contributed by atoms with E-state index in [1.807, 2.05) is 0 Å². The zero-order valence-electron chi connectivity index (χ0n) is 8.20. The van der Waals surface area contributed by atoms with Crippen molar-refractivity contribution in [3.63, 3.8) is 0 Å². The zero-order valence-corrected chi connectivity index (χ0v) is 12.4. The third-order valence-electron chi connectivity index (χ3n) is 2.44. The van der Waals surface area contributed by atoms with E-state index in [-0.39, 0.29) is 0 Å². The maximum absolute atomic E-state index is 3.83. The number of halogens is 2. The van der Waals surface area contributed by atoms with Crippen LogP contribution in [0, 0.1) is 13.8 Å². The molecule has 0 aliphatic rings. The van der Waals surface area contributed by atoms with Crippen molar-refractivity contribution in [2.45, 2.75) is 26.8 Å². The number of benzene rings is 1. The molecule has 1 aromatic rings. The summed E-state index contributed by atoms with van der Waals surface area (Å²) in [5, 5.41) is -0.0367. The molecule has 13 heavy (non-hydrogen) atoms. The Kier molecular flexibility index (Phi) is 3.78. The van der Waals surface area contributed by atoms with Crippen molar-refractivity contribution >= 4 is 41.1 Å². The summed E-state index contributed by atoms with van der Waals surface area (Å²) in [5.74, 6) is 0. The van der Waals surface area contributed by atoms with Gasteiger partial charge in [-0.25, -0.2) is 0 Å². The average molecular weight is 322 g/mol. The van der Waals surface area contributed by atoms with Crippen LogP contribution in [0.25, 0.3) is 0 Å². The number of hydrogen-bond donors (Lipinski definition) is 0. The molecule has 0 fully saturated rings. The van der Waals surface area contributed by atoms with Crippen LogP contribution in [0.2, 0.25) is 6.04 Å². The molecule has 0 atom stereocenters. The molecule has 0 aliphatic carbocycles. The van der Waals surface area contributed by atoms with Gasteiger partial charge in [-0.05, 0) is 36.2 Å². The van der Waals surface area contributed by atoms with Gasteiger partial charge in [-0.2, -0.15) is 0 Å². The third kappa shape index (κ3) is 2.45. The Morgan fingerprint density at radius 1 is 1.23 bits per heavy atom. The summed E-state index contributed by atoms with van der Waals surface area (Å²) < 4.78 is 0. The fraction of sp³-hybridized carbons (Fsp3) is 0.400. The molecule has 0 radical (unpaired) electrons. The second kappa shape index (κ2) is 4.28. The van der Waals surface area contributed by atoms with Gasteiger partial charge in [-0.3, -0.25) is 0 Å². The van der Waals surface area contributed by atoms with Crippen LogP contribution in [0.4, 0.5) is 0 Å². The van der Waals surface area contributed by atoms with Crippen molar-refractivity contribution in [2.75, 3.05) is 0 Å². The Hall–Kier alpha value is 0.397. The van der Waals surface area contributed by atoms with Crippen LogP contribution in [0.15, 0.2) is 18.2 Å². The van der Waals surface area contributed by atoms with Gasteiger partial charge in [-0.15, -0.1) is 30.6 Å². The molecular formula is C10H14Br2Si. The summed E-state index contributed by atoms with van der Waals surface area (Å²) in [6.07, 6.45) is 0. The van der Waals surface area contributed by atoms with Gasteiger partial charge in [0, 0.05) is 0 Å². The Morgan fingerprint density at radius 2 is 1.85 bits per heavy atom. The molecular weight excluding hydrogens is 308 g/mol. The van der Waals surface area contributed by atoms with Crippen molar-refractivity contribution in [2.24, 2.45) is 0 Å². The highest BCUT2D eigenvalue weighted by molar-refractivity contribution is 9.51. The molecule has 0 saturated carbocycles. The van der Waals surface area contributed by atoms with Gasteiger partial charge in [0.1, 0.15) is 0 Å². The van der Waals surface area contributed by atoms with Crippen molar-refractivity contribution < 1.29 is 0 Å². The first-order valence-electron chi connectivity index (χ1n) is 4.43. The normalized spacial score (nSPS) is 11.8. The minimum atomic E-state index is -1.50. The number of aryl methyl sites for hydroxylation is 1. The summed E-state index contributed by atoms with van der Waals surface area (Å²) in [7, 11) is 0. The molecule has 0 spiro atoms. The van der Waals surface area contributed by atoms with E-state index in [1.165, 1.54) is 16.3 Å². The van der Waals surface area contributed by atoms with Gasteiger partial charge >= 0.3 is 0 Å². The molecule has 72 valence electrons. The lowest BCUT2D eigenvalue weighted by Gasteiger charge is -2.19. The summed E-state index contributed by atoms with van der Waals surface area (Å²) in [6, 6.07) is 7.69. The lowest BCUT2D eigenvalue weighted by atomic mass is 10.1. The highest BCUT2D eigenvalue weighted by atomic mass is 79.9. The number of hydrogen-bond acceptors (Lipinski definition) is 0. The lowest BCUT2D eigenvalue weighted by molar-refractivity contribution is 1.35. The second-order valence-corrected chi connectivity index (χ2v) is 17.3. The SMILES string of the molecule is CC[Si](Br)(Br)c1cccc(C)c1C. The smallest absolute Gasteiger partial charge is 0.105 e. The third-order valence-corrected chi connectivity index (χ3v) is 10.6. The van der Waals surface area contributed by atoms with E-state index in [0.717, 1.165) is 6.04 Å². The molecule has 0 unspecified atom stereocenters. The predicted molar refractivity (Wildman–Crippen MR) is 69.6 cm³/mol. The maximum atomic E-state index is 3.83. The van der Waals surface area contributed by atoms with Gasteiger partial charge in [-0.1, -0.05) is 25.1 Å². The van der Waals surface area contributed by atoms with Crippen molar-refractivity contribution in [1.29, 1.82) is 0 Å². The van der Waals surface area contributed by atoms with Crippen LogP contribution < -0.4 is 5.19 Å². The average Bonchev–Trinajstić information content (AvgIpc) is 2.09. The highest BCUT2D eigenvalue weighted by Gasteiger charge is 2.28. The molecule has 0 saturated heterocycles. The molecule has 0 heterocycles. The molecule has 3 heteroatoms. The van der Waals surface area contributed by atoms with Crippen LogP contribution in [-0.4, -0.2) is 5.31 Å². The van der Waals surface area contributed by atoms with Gasteiger partial charge < -0.3 is 0 Å². The monoisotopic (exact) mass is 320 g/mol. The fourth-order valence-electron chi connectivity index (χ4n) is 1.34. The standard InChI is InChI=1S/C10H14Br2Si/c1-4-13(11,12)10-7-5-6-8(2)9(10)3/h5-7H,4H2,1-3H3. The fourth-order valence-corrected chi connectivity index (χ4v) is 5.38. The Balaban J connectivity index is 3.22. The minimum Gasteiger partial charge on any atom is -0.105 e. The highest BCUT2D eigenvalue weighted by Crippen LogP contribution is 2.26. The first-order chi connectivity index (χ1) is 5.99.